The molecular weight excluding hydrogens is 480 g/mol. The highest BCUT2D eigenvalue weighted by atomic mass is 16.5. The fourth-order valence-electron chi connectivity index (χ4n) is 5.72. The fourth-order valence-corrected chi connectivity index (χ4v) is 5.72. The van der Waals surface area contributed by atoms with E-state index < -0.39 is 6.10 Å². The lowest BCUT2D eigenvalue weighted by molar-refractivity contribution is 0.165. The zero-order valence-corrected chi connectivity index (χ0v) is 23.5. The second-order valence-electron chi connectivity index (χ2n) is 10.9. The number of aliphatic hydroxyl groups excluding tert-OH is 1. The lowest BCUT2D eigenvalue weighted by Gasteiger charge is -2.17. The van der Waals surface area contributed by atoms with Crippen LogP contribution >= 0.6 is 0 Å². The Morgan fingerprint density at radius 2 is 1.28 bits per heavy atom. The number of hydrogen-bond donors (Lipinski definition) is 1. The van der Waals surface area contributed by atoms with Gasteiger partial charge in [-0.25, -0.2) is 0 Å². The number of rotatable bonds is 15. The molecular formula is C36H42O3. The van der Waals surface area contributed by atoms with Gasteiger partial charge in [0.15, 0.2) is 0 Å². The Morgan fingerprint density at radius 3 is 2.03 bits per heavy atom. The normalized spacial score (nSPS) is 12.5. The summed E-state index contributed by atoms with van der Waals surface area (Å²) in [7, 11) is 0. The van der Waals surface area contributed by atoms with Crippen molar-refractivity contribution in [2.75, 3.05) is 6.61 Å². The van der Waals surface area contributed by atoms with Crippen LogP contribution in [0.3, 0.4) is 0 Å². The van der Waals surface area contributed by atoms with Crippen LogP contribution in [0, 0.1) is 0 Å². The van der Waals surface area contributed by atoms with Crippen LogP contribution in [0.2, 0.25) is 0 Å². The van der Waals surface area contributed by atoms with Crippen molar-refractivity contribution in [3.05, 3.63) is 78.4 Å². The van der Waals surface area contributed by atoms with Gasteiger partial charge in [0.1, 0.15) is 17.2 Å². The standard InChI is InChI=1S/C36H42O3/c1-3-5-6-7-8-9-10-11-22-38-30-23-29(33(37)13-4-2)24-31(25-30)39-34-21-19-28-17-16-26-14-12-15-27-18-20-32(34)36(28)35(26)27/h12,14-21,23-25,33,37H,3-11,13,22H2,1-2H3. The van der Waals surface area contributed by atoms with Crippen LogP contribution in [0.4, 0.5) is 0 Å². The molecule has 0 aromatic heterocycles. The first kappa shape index (κ1) is 27.3. The number of hydrogen-bond acceptors (Lipinski definition) is 3. The molecule has 0 radical (unpaired) electrons. The summed E-state index contributed by atoms with van der Waals surface area (Å²) in [5, 5.41) is 18.1. The molecule has 5 aromatic carbocycles. The van der Waals surface area contributed by atoms with E-state index in [4.69, 9.17) is 9.47 Å². The number of benzene rings is 5. The molecule has 3 heteroatoms. The lowest BCUT2D eigenvalue weighted by atomic mass is 9.94. The molecule has 5 aromatic rings. The van der Waals surface area contributed by atoms with Gasteiger partial charge in [0, 0.05) is 16.8 Å². The molecule has 0 aliphatic rings. The van der Waals surface area contributed by atoms with Crippen LogP contribution < -0.4 is 9.47 Å². The van der Waals surface area contributed by atoms with Crippen LogP contribution in [0.25, 0.3) is 32.3 Å². The number of ether oxygens (including phenoxy) is 2. The molecule has 5 rings (SSSR count). The fraction of sp³-hybridized carbons (Fsp3) is 0.389. The third-order valence-electron chi connectivity index (χ3n) is 7.83. The average Bonchev–Trinajstić information content (AvgIpc) is 2.96. The van der Waals surface area contributed by atoms with E-state index in [9.17, 15) is 5.11 Å². The van der Waals surface area contributed by atoms with Crippen molar-refractivity contribution in [2.24, 2.45) is 0 Å². The smallest absolute Gasteiger partial charge is 0.135 e. The molecule has 204 valence electrons. The van der Waals surface area contributed by atoms with E-state index in [0.717, 1.165) is 35.3 Å². The predicted octanol–water partition coefficient (Wildman–Crippen LogP) is 10.7. The zero-order valence-electron chi connectivity index (χ0n) is 23.5. The van der Waals surface area contributed by atoms with Crippen molar-refractivity contribution in [3.63, 3.8) is 0 Å². The maximum atomic E-state index is 10.8. The summed E-state index contributed by atoms with van der Waals surface area (Å²) in [6.45, 7) is 5.03. The van der Waals surface area contributed by atoms with Gasteiger partial charge in [-0.3, -0.25) is 0 Å². The molecule has 0 fully saturated rings. The minimum Gasteiger partial charge on any atom is -0.493 e. The summed E-state index contributed by atoms with van der Waals surface area (Å²) in [5.41, 5.74) is 0.845. The monoisotopic (exact) mass is 522 g/mol. The lowest BCUT2D eigenvalue weighted by Crippen LogP contribution is -2.02. The van der Waals surface area contributed by atoms with Crippen LogP contribution in [-0.2, 0) is 0 Å². The molecule has 3 nitrogen and oxygen atoms in total. The van der Waals surface area contributed by atoms with Gasteiger partial charge in [-0.05, 0) is 64.2 Å². The quantitative estimate of drug-likeness (QED) is 0.110. The Hall–Kier alpha value is -3.30. The highest BCUT2D eigenvalue weighted by Crippen LogP contribution is 2.41. The second-order valence-corrected chi connectivity index (χ2v) is 10.9. The highest BCUT2D eigenvalue weighted by Gasteiger charge is 2.15. The Kier molecular flexibility index (Phi) is 9.21. The molecule has 1 atom stereocenters. The molecule has 0 bridgehead atoms. The van der Waals surface area contributed by atoms with Crippen molar-refractivity contribution in [3.8, 4) is 17.2 Å². The average molecular weight is 523 g/mol. The van der Waals surface area contributed by atoms with Crippen molar-refractivity contribution in [2.45, 2.75) is 84.2 Å². The molecule has 0 heterocycles. The van der Waals surface area contributed by atoms with E-state index in [1.54, 1.807) is 0 Å². The summed E-state index contributed by atoms with van der Waals surface area (Å²) in [6, 6.07) is 25.3. The van der Waals surface area contributed by atoms with E-state index in [-0.39, 0.29) is 0 Å². The maximum Gasteiger partial charge on any atom is 0.135 e. The van der Waals surface area contributed by atoms with Crippen molar-refractivity contribution >= 4 is 32.3 Å². The van der Waals surface area contributed by atoms with Gasteiger partial charge in [0.2, 0.25) is 0 Å². The molecule has 1 N–H and O–H groups in total. The highest BCUT2D eigenvalue weighted by molar-refractivity contribution is 6.24. The Morgan fingerprint density at radius 1 is 0.641 bits per heavy atom. The first-order valence-electron chi connectivity index (χ1n) is 15.0. The zero-order chi connectivity index (χ0) is 27.0. The van der Waals surface area contributed by atoms with Gasteiger partial charge in [0.05, 0.1) is 12.7 Å². The van der Waals surface area contributed by atoms with Crippen molar-refractivity contribution < 1.29 is 14.6 Å². The van der Waals surface area contributed by atoms with E-state index in [1.807, 2.05) is 18.2 Å². The van der Waals surface area contributed by atoms with Gasteiger partial charge < -0.3 is 14.6 Å². The second kappa shape index (κ2) is 13.2. The maximum absolute atomic E-state index is 10.8. The molecule has 0 spiro atoms. The molecule has 1 unspecified atom stereocenters. The number of unbranched alkanes of at least 4 members (excludes halogenated alkanes) is 7. The Labute approximate surface area is 233 Å². The summed E-state index contributed by atoms with van der Waals surface area (Å²) >= 11 is 0. The molecule has 0 aliphatic heterocycles. The molecule has 0 saturated heterocycles. The van der Waals surface area contributed by atoms with Gasteiger partial charge in [-0.15, -0.1) is 0 Å². The molecule has 0 saturated carbocycles. The van der Waals surface area contributed by atoms with Crippen molar-refractivity contribution in [1.82, 2.24) is 0 Å². The first-order valence-corrected chi connectivity index (χ1v) is 15.0. The summed E-state index contributed by atoms with van der Waals surface area (Å²) in [6.07, 6.45) is 11.2. The minimum absolute atomic E-state index is 0.537. The van der Waals surface area contributed by atoms with Crippen LogP contribution in [0.15, 0.2) is 72.8 Å². The third-order valence-corrected chi connectivity index (χ3v) is 7.83. The van der Waals surface area contributed by atoms with Crippen LogP contribution in [0.5, 0.6) is 17.2 Å². The van der Waals surface area contributed by atoms with Crippen LogP contribution in [-0.4, -0.2) is 11.7 Å². The summed E-state index contributed by atoms with van der Waals surface area (Å²) < 4.78 is 12.7. The van der Waals surface area contributed by atoms with E-state index in [1.165, 1.54) is 71.9 Å². The van der Waals surface area contributed by atoms with Gasteiger partial charge in [-0.2, -0.15) is 0 Å². The largest absolute Gasteiger partial charge is 0.493 e. The van der Waals surface area contributed by atoms with E-state index in [0.29, 0.717) is 18.8 Å². The molecule has 0 amide bonds. The summed E-state index contributed by atoms with van der Waals surface area (Å²) in [5.74, 6) is 2.28. The van der Waals surface area contributed by atoms with Crippen LogP contribution in [0.1, 0.15) is 89.7 Å². The summed E-state index contributed by atoms with van der Waals surface area (Å²) in [4.78, 5) is 0. The topological polar surface area (TPSA) is 38.7 Å². The van der Waals surface area contributed by atoms with E-state index >= 15 is 0 Å². The molecule has 39 heavy (non-hydrogen) atoms. The molecule has 0 aliphatic carbocycles. The minimum atomic E-state index is -0.537. The van der Waals surface area contributed by atoms with Crippen molar-refractivity contribution in [1.29, 1.82) is 0 Å². The Bertz CT molecular complexity index is 1470. The van der Waals surface area contributed by atoms with Gasteiger partial charge in [0.25, 0.3) is 0 Å². The predicted molar refractivity (Wildman–Crippen MR) is 165 cm³/mol. The van der Waals surface area contributed by atoms with E-state index in [2.05, 4.69) is 68.4 Å². The van der Waals surface area contributed by atoms with Gasteiger partial charge >= 0.3 is 0 Å². The van der Waals surface area contributed by atoms with Gasteiger partial charge in [-0.1, -0.05) is 108 Å². The Balaban J connectivity index is 1.35. The SMILES string of the molecule is CCCCCCCCCCOc1cc(Oc2ccc3ccc4cccc5ccc2c3c45)cc(C(O)CCC)c1. The number of aliphatic hydroxyl groups is 1. The third kappa shape index (κ3) is 6.47. The first-order chi connectivity index (χ1) is 19.2.